The van der Waals surface area contributed by atoms with E-state index in [4.69, 9.17) is 9.47 Å². The van der Waals surface area contributed by atoms with Gasteiger partial charge in [0.25, 0.3) is 5.91 Å². The maximum absolute atomic E-state index is 12.9. The van der Waals surface area contributed by atoms with Gasteiger partial charge in [-0.2, -0.15) is 0 Å². The van der Waals surface area contributed by atoms with Crippen molar-refractivity contribution < 1.29 is 18.7 Å². The molecule has 1 aliphatic rings. The first-order valence-electron chi connectivity index (χ1n) is 7.89. The molecule has 0 aliphatic carbocycles. The van der Waals surface area contributed by atoms with E-state index in [1.54, 1.807) is 0 Å². The maximum Gasteiger partial charge on any atom is 0.258 e. The average molecular weight is 329 g/mol. The molecule has 126 valence electrons. The van der Waals surface area contributed by atoms with Crippen LogP contribution in [0.2, 0.25) is 0 Å². The van der Waals surface area contributed by atoms with Crippen molar-refractivity contribution in [2.45, 2.75) is 31.9 Å². The van der Waals surface area contributed by atoms with Gasteiger partial charge in [-0.05, 0) is 44.2 Å². The van der Waals surface area contributed by atoms with Gasteiger partial charge in [-0.25, -0.2) is 4.39 Å². The van der Waals surface area contributed by atoms with Crippen molar-refractivity contribution in [3.63, 3.8) is 0 Å². The summed E-state index contributed by atoms with van der Waals surface area (Å²) in [5, 5.41) is 2.99. The van der Waals surface area contributed by atoms with Crippen LogP contribution in [0.25, 0.3) is 0 Å². The van der Waals surface area contributed by atoms with Crippen molar-refractivity contribution in [2.24, 2.45) is 0 Å². The van der Waals surface area contributed by atoms with Crippen molar-refractivity contribution >= 4 is 5.91 Å². The van der Waals surface area contributed by atoms with Crippen molar-refractivity contribution in [3.8, 4) is 11.5 Å². The summed E-state index contributed by atoms with van der Waals surface area (Å²) in [4.78, 5) is 12.2. The predicted octanol–water partition coefficient (Wildman–Crippen LogP) is 3.62. The minimum absolute atomic E-state index is 0.119. The first kappa shape index (κ1) is 16.3. The van der Waals surface area contributed by atoms with Crippen LogP contribution in [0.4, 0.5) is 4.39 Å². The van der Waals surface area contributed by atoms with E-state index in [0.29, 0.717) is 12.2 Å². The molecule has 1 N–H and O–H groups in total. The normalized spacial score (nSPS) is 18.2. The fourth-order valence-corrected chi connectivity index (χ4v) is 2.85. The molecular formula is C19H20FNO3. The summed E-state index contributed by atoms with van der Waals surface area (Å²) < 4.78 is 24.2. The van der Waals surface area contributed by atoms with Crippen molar-refractivity contribution in [1.82, 2.24) is 5.32 Å². The first-order valence-corrected chi connectivity index (χ1v) is 7.89. The Morgan fingerprint density at radius 3 is 2.71 bits per heavy atom. The van der Waals surface area contributed by atoms with Crippen LogP contribution in [-0.4, -0.2) is 18.1 Å². The number of hydrogen-bond donors (Lipinski definition) is 1. The van der Waals surface area contributed by atoms with Crippen LogP contribution in [0.15, 0.2) is 48.5 Å². The second-order valence-corrected chi connectivity index (χ2v) is 6.47. The number of fused-ring (bicyclic) bond motifs is 1. The molecule has 0 spiro atoms. The lowest BCUT2D eigenvalue weighted by Crippen LogP contribution is -2.42. The molecule has 4 nitrogen and oxygen atoms in total. The van der Waals surface area contributed by atoms with E-state index >= 15 is 0 Å². The Kier molecular flexibility index (Phi) is 4.42. The van der Waals surface area contributed by atoms with Gasteiger partial charge in [0.05, 0.1) is 6.04 Å². The Hall–Kier alpha value is -2.56. The van der Waals surface area contributed by atoms with E-state index in [-0.39, 0.29) is 30.0 Å². The third kappa shape index (κ3) is 3.85. The van der Waals surface area contributed by atoms with E-state index in [2.05, 4.69) is 5.32 Å². The monoisotopic (exact) mass is 329 g/mol. The molecule has 0 saturated heterocycles. The van der Waals surface area contributed by atoms with Gasteiger partial charge in [0.2, 0.25) is 0 Å². The van der Waals surface area contributed by atoms with Crippen LogP contribution in [0.1, 0.15) is 31.9 Å². The zero-order valence-electron chi connectivity index (χ0n) is 13.7. The third-order valence-electron chi connectivity index (χ3n) is 3.90. The van der Waals surface area contributed by atoms with E-state index in [0.717, 1.165) is 11.3 Å². The Labute approximate surface area is 140 Å². The summed E-state index contributed by atoms with van der Waals surface area (Å²) in [6.07, 6.45) is 0.673. The number of amides is 1. The molecule has 2 aromatic carbocycles. The number of para-hydroxylation sites is 1. The van der Waals surface area contributed by atoms with Gasteiger partial charge in [-0.3, -0.25) is 4.79 Å². The molecule has 1 atom stereocenters. The number of benzene rings is 2. The highest BCUT2D eigenvalue weighted by atomic mass is 19.1. The van der Waals surface area contributed by atoms with Crippen LogP contribution >= 0.6 is 0 Å². The number of hydrogen-bond acceptors (Lipinski definition) is 3. The number of nitrogens with one attached hydrogen (secondary N) is 1. The molecule has 3 rings (SSSR count). The Morgan fingerprint density at radius 1 is 1.25 bits per heavy atom. The molecule has 5 heteroatoms. The largest absolute Gasteiger partial charge is 0.487 e. The van der Waals surface area contributed by atoms with Crippen LogP contribution < -0.4 is 14.8 Å². The molecule has 0 unspecified atom stereocenters. The Morgan fingerprint density at radius 2 is 1.96 bits per heavy atom. The summed E-state index contributed by atoms with van der Waals surface area (Å²) in [5.74, 6) is 0.683. The van der Waals surface area contributed by atoms with E-state index in [1.165, 1.54) is 24.3 Å². The van der Waals surface area contributed by atoms with Gasteiger partial charge in [-0.1, -0.05) is 18.2 Å². The number of ether oxygens (including phenoxy) is 2. The average Bonchev–Trinajstić information content (AvgIpc) is 2.53. The first-order chi connectivity index (χ1) is 11.4. The zero-order chi connectivity index (χ0) is 17.2. The highest BCUT2D eigenvalue weighted by Crippen LogP contribution is 2.39. The quantitative estimate of drug-likeness (QED) is 0.932. The van der Waals surface area contributed by atoms with Gasteiger partial charge in [0.15, 0.2) is 6.61 Å². The maximum atomic E-state index is 12.9. The molecule has 0 saturated carbocycles. The van der Waals surface area contributed by atoms with Gasteiger partial charge >= 0.3 is 0 Å². The third-order valence-corrected chi connectivity index (χ3v) is 3.90. The summed E-state index contributed by atoms with van der Waals surface area (Å²) in [7, 11) is 0. The van der Waals surface area contributed by atoms with Gasteiger partial charge in [0.1, 0.15) is 22.9 Å². The SMILES string of the molecule is CC1(C)C[C@@H](NC(=O)COc2ccc(F)cc2)c2ccccc2O1. The standard InChI is InChI=1S/C19H20FNO3/c1-19(2)11-16(15-5-3-4-6-17(15)24-19)21-18(22)12-23-14-9-7-13(20)8-10-14/h3-10,16H,11-12H2,1-2H3,(H,21,22)/t16-/m1/s1. The lowest BCUT2D eigenvalue weighted by atomic mass is 9.90. The second-order valence-electron chi connectivity index (χ2n) is 6.47. The van der Waals surface area contributed by atoms with Crippen molar-refractivity contribution in [3.05, 3.63) is 59.9 Å². The molecular weight excluding hydrogens is 309 g/mol. The fourth-order valence-electron chi connectivity index (χ4n) is 2.85. The number of carbonyl (C=O) groups is 1. The number of halogens is 1. The molecule has 24 heavy (non-hydrogen) atoms. The lowest BCUT2D eigenvalue weighted by molar-refractivity contribution is -0.124. The minimum atomic E-state index is -0.357. The van der Waals surface area contributed by atoms with Gasteiger partial charge < -0.3 is 14.8 Å². The van der Waals surface area contributed by atoms with Gasteiger partial charge in [-0.15, -0.1) is 0 Å². The van der Waals surface area contributed by atoms with Crippen LogP contribution in [0, 0.1) is 5.82 Å². The van der Waals surface area contributed by atoms with E-state index < -0.39 is 0 Å². The number of carbonyl (C=O) groups excluding carboxylic acids is 1. The van der Waals surface area contributed by atoms with Crippen LogP contribution in [0.3, 0.4) is 0 Å². The number of rotatable bonds is 4. The minimum Gasteiger partial charge on any atom is -0.487 e. The molecule has 1 heterocycles. The molecule has 0 radical (unpaired) electrons. The van der Waals surface area contributed by atoms with Crippen molar-refractivity contribution in [2.75, 3.05) is 6.61 Å². The van der Waals surface area contributed by atoms with E-state index in [9.17, 15) is 9.18 Å². The molecule has 1 amide bonds. The lowest BCUT2D eigenvalue weighted by Gasteiger charge is -2.37. The summed E-state index contributed by atoms with van der Waals surface area (Å²) in [5.41, 5.74) is 0.608. The van der Waals surface area contributed by atoms with Crippen LogP contribution in [-0.2, 0) is 4.79 Å². The summed E-state index contributed by atoms with van der Waals surface area (Å²) in [6.45, 7) is 3.87. The predicted molar refractivity (Wildman–Crippen MR) is 88.5 cm³/mol. The Balaban J connectivity index is 1.64. The highest BCUT2D eigenvalue weighted by Gasteiger charge is 2.34. The van der Waals surface area contributed by atoms with Crippen LogP contribution in [0.5, 0.6) is 11.5 Å². The zero-order valence-corrected chi connectivity index (χ0v) is 13.7. The molecule has 0 aromatic heterocycles. The molecule has 1 aliphatic heterocycles. The van der Waals surface area contributed by atoms with E-state index in [1.807, 2.05) is 38.1 Å². The smallest absolute Gasteiger partial charge is 0.258 e. The summed E-state index contributed by atoms with van der Waals surface area (Å²) >= 11 is 0. The Bertz CT molecular complexity index is 728. The van der Waals surface area contributed by atoms with Gasteiger partial charge in [0, 0.05) is 12.0 Å². The second kappa shape index (κ2) is 6.51. The fraction of sp³-hybridized carbons (Fsp3) is 0.316. The highest BCUT2D eigenvalue weighted by molar-refractivity contribution is 5.78. The molecule has 0 fully saturated rings. The van der Waals surface area contributed by atoms with Crippen molar-refractivity contribution in [1.29, 1.82) is 0 Å². The molecule has 0 bridgehead atoms. The molecule has 2 aromatic rings. The summed E-state index contributed by atoms with van der Waals surface area (Å²) in [6, 6.07) is 13.2. The topological polar surface area (TPSA) is 47.6 Å².